The van der Waals surface area contributed by atoms with E-state index in [1.807, 2.05) is 0 Å². The van der Waals surface area contributed by atoms with Crippen LogP contribution in [0, 0.1) is 94.7 Å². The molecule has 0 unspecified atom stereocenters. The maximum atomic E-state index is 2.55. The first-order valence-corrected chi connectivity index (χ1v) is 41.0. The molecule has 0 saturated heterocycles. The van der Waals surface area contributed by atoms with Gasteiger partial charge in [0.15, 0.2) is 0 Å². The van der Waals surface area contributed by atoms with Crippen LogP contribution in [0.2, 0.25) is 0 Å². The predicted molar refractivity (Wildman–Crippen MR) is 404 cm³/mol. The first kappa shape index (κ1) is 75.7. The molecule has 0 aromatic carbocycles. The van der Waals surface area contributed by atoms with Gasteiger partial charge in [0, 0.05) is 11.4 Å². The number of hydrogen-bond donors (Lipinski definition) is 0. The molecule has 0 nitrogen and oxygen atoms in total. The fraction of sp³-hybridized carbons (Fsp3) is 0.907. The van der Waals surface area contributed by atoms with Gasteiger partial charge in [-0.05, 0) is 274 Å². The second-order valence-electron chi connectivity index (χ2n) is 31.9. The van der Waals surface area contributed by atoms with Crippen LogP contribution in [0.4, 0.5) is 0 Å². The quantitative estimate of drug-likeness (QED) is 0.0497. The van der Waals surface area contributed by atoms with Crippen molar-refractivity contribution < 1.29 is 11.4 Å². The van der Waals surface area contributed by atoms with Crippen LogP contribution in [0.1, 0.15) is 414 Å². The van der Waals surface area contributed by atoms with E-state index in [1.165, 1.54) is 270 Å². The van der Waals surface area contributed by atoms with E-state index in [9.17, 15) is 0 Å². The molecule has 0 aromatic rings. The van der Waals surface area contributed by atoms with Gasteiger partial charge in [0.25, 0.3) is 0 Å². The summed E-state index contributed by atoms with van der Waals surface area (Å²) in [5.74, 6) is 16.6. The first-order valence-electron chi connectivity index (χ1n) is 41.0. The van der Waals surface area contributed by atoms with E-state index in [0.29, 0.717) is 0 Å². The smallest absolute Gasteiger partial charge is 0 e. The third-order valence-corrected chi connectivity index (χ3v) is 25.5. The summed E-state index contributed by atoms with van der Waals surface area (Å²) in [7, 11) is 0. The van der Waals surface area contributed by atoms with E-state index in [4.69, 9.17) is 0 Å². The van der Waals surface area contributed by atoms with Crippen LogP contribution >= 0.6 is 0 Å². The average Bonchev–Trinajstić information content (AvgIpc) is 0.958. The summed E-state index contributed by atoms with van der Waals surface area (Å²) < 4.78 is 0. The van der Waals surface area contributed by atoms with Crippen LogP contribution in [0.25, 0.3) is 0 Å². The van der Waals surface area contributed by atoms with Crippen molar-refractivity contribution >= 4 is 0 Å². The summed E-state index contributed by atoms with van der Waals surface area (Å²) in [5.41, 5.74) is 0. The van der Waals surface area contributed by atoms with Crippen molar-refractivity contribution in [1.29, 1.82) is 0 Å². The van der Waals surface area contributed by atoms with Gasteiger partial charge in [-0.1, -0.05) is 271 Å². The van der Waals surface area contributed by atoms with Crippen LogP contribution in [0.3, 0.4) is 0 Å². The van der Waals surface area contributed by atoms with Gasteiger partial charge in [-0.15, -0.1) is 0 Å². The minimum atomic E-state index is 0. The molecule has 8 fully saturated rings. The third-order valence-electron chi connectivity index (χ3n) is 25.5. The van der Waals surface area contributed by atoms with E-state index in [1.54, 1.807) is 77.0 Å². The van der Waals surface area contributed by atoms with Gasteiger partial charge in [-0.2, -0.15) is 0 Å². The van der Waals surface area contributed by atoms with Crippen molar-refractivity contribution in [1.82, 2.24) is 0 Å². The molecule has 0 amide bonds. The van der Waals surface area contributed by atoms with Gasteiger partial charge in [0.2, 0.25) is 0 Å². The average molecular weight is 1210 g/mol. The second-order valence-corrected chi connectivity index (χ2v) is 31.9. The molecule has 0 spiro atoms. The Kier molecular flexibility index (Phi) is 42.8. The molecule has 8 aliphatic carbocycles. The van der Waals surface area contributed by atoms with E-state index in [2.05, 4.69) is 104 Å². The Hall–Kier alpha value is -1.04. The van der Waals surface area contributed by atoms with Crippen LogP contribution in [0.15, 0.2) is 48.6 Å². The minimum absolute atomic E-state index is 0. The lowest BCUT2D eigenvalue weighted by molar-refractivity contribution is 0.151. The summed E-state index contributed by atoms with van der Waals surface area (Å²) in [5, 5.41) is 0. The zero-order chi connectivity index (χ0) is 61.1. The maximum Gasteiger partial charge on any atom is 0 e. The van der Waals surface area contributed by atoms with Gasteiger partial charge in [-0.3, -0.25) is 0 Å². The zero-order valence-electron chi connectivity index (χ0n) is 60.0. The van der Waals surface area contributed by atoms with E-state index in [0.717, 1.165) is 94.7 Å². The summed E-state index contributed by atoms with van der Waals surface area (Å²) in [4.78, 5) is 0. The highest BCUT2D eigenvalue weighted by molar-refractivity contribution is 4.96. The molecule has 0 heteroatoms. The fourth-order valence-corrected chi connectivity index (χ4v) is 19.2. The summed E-state index contributed by atoms with van der Waals surface area (Å²) in [6.07, 6.45) is 99.2. The Morgan fingerprint density at radius 2 is 0.430 bits per heavy atom. The molecule has 0 N–H and O–H groups in total. The van der Waals surface area contributed by atoms with Crippen molar-refractivity contribution in [2.45, 2.75) is 402 Å². The van der Waals surface area contributed by atoms with Crippen molar-refractivity contribution in [2.75, 3.05) is 0 Å². The molecule has 8 rings (SSSR count). The molecule has 0 bridgehead atoms. The summed E-state index contributed by atoms with van der Waals surface area (Å²) in [6, 6.07) is 0. The molecular formula is C86H172. The Balaban J connectivity index is -0.000000559. The highest BCUT2D eigenvalue weighted by Crippen LogP contribution is 2.47. The second kappa shape index (κ2) is 48.7. The van der Waals surface area contributed by atoms with Gasteiger partial charge >= 0.3 is 0 Å². The molecule has 0 radical (unpaired) electrons. The minimum Gasteiger partial charge on any atom is -0.0883 e. The Labute approximate surface area is 554 Å². The van der Waals surface area contributed by atoms with Crippen LogP contribution in [0.5, 0.6) is 0 Å². The Bertz CT molecular complexity index is 1650. The summed E-state index contributed by atoms with van der Waals surface area (Å²) in [6.45, 7) is 18.5. The molecule has 516 valence electrons. The number of allylic oxidation sites excluding steroid dienone is 8. The topological polar surface area (TPSA) is 0 Å². The molecular weight excluding hydrogens is 1030 g/mol. The maximum absolute atomic E-state index is 2.55. The lowest BCUT2D eigenvalue weighted by Crippen LogP contribution is -2.25. The number of rotatable bonds is 30. The lowest BCUT2D eigenvalue weighted by atomic mass is 9.68. The van der Waals surface area contributed by atoms with Crippen LogP contribution < -0.4 is 0 Å². The SMILES string of the molecule is CCCC/C=C/C1CCC(C2CCC(CC)CC2)CC1.CCCC/C=C/C1CCC(C2CCC(CCC)CC2)CC1.CCCC/C=C/C1CCC(C2CCC(CCCC)CC2)CC1.CCCC/C=C/C1CCC(C2CCC(CCCCC)CC2)CC1.[HH].[HH].[HH].[HH].[HH].[HH].[HH].[HH]. The van der Waals surface area contributed by atoms with Crippen LogP contribution in [-0.2, 0) is 0 Å². The fourth-order valence-electron chi connectivity index (χ4n) is 19.2. The first-order chi connectivity index (χ1) is 42.3. The Morgan fingerprint density at radius 1 is 0.209 bits per heavy atom. The van der Waals surface area contributed by atoms with Crippen molar-refractivity contribution in [3.63, 3.8) is 0 Å². The molecule has 0 heterocycles. The van der Waals surface area contributed by atoms with E-state index in [-0.39, 0.29) is 11.4 Å². The zero-order valence-corrected chi connectivity index (χ0v) is 60.0. The normalized spacial score (nSPS) is 33.9. The predicted octanol–water partition coefficient (Wildman–Crippen LogP) is 31.3. The van der Waals surface area contributed by atoms with Crippen molar-refractivity contribution in [3.8, 4) is 0 Å². The Morgan fingerprint density at radius 3 is 0.663 bits per heavy atom. The molecule has 0 aliphatic heterocycles. The highest BCUT2D eigenvalue weighted by Gasteiger charge is 2.34. The third kappa shape index (κ3) is 31.5. The monoisotopic (exact) mass is 1210 g/mol. The number of hydrogen-bond acceptors (Lipinski definition) is 0. The lowest BCUT2D eigenvalue weighted by Gasteiger charge is -2.37. The molecule has 8 aliphatic rings. The largest absolute Gasteiger partial charge is 0.0883 e. The van der Waals surface area contributed by atoms with E-state index < -0.39 is 0 Å². The number of unbranched alkanes of at least 4 members (excludes halogenated alkanes) is 11. The van der Waals surface area contributed by atoms with Gasteiger partial charge in [0.1, 0.15) is 0 Å². The standard InChI is InChI=1S/C23H42.C22H40.C21H38.C20H36.8H2/c1-3-5-7-9-11-21-14-18-23(19-15-21)22-16-12-20(13-17-22)10-8-6-4-2;1-3-5-7-8-10-20-13-17-22(18-14-20)21-15-11-19(12-16-21)9-6-4-2;1-3-5-6-7-9-19-12-16-21(17-13-19)20-14-10-18(8-4-2)11-15-20;1-3-5-6-7-8-18-11-15-20(16-12-18)19-13-9-17(4-2)10-14-19;;;;;;;;/h9,11,20-23H,3-8,10,12-19H2,1-2H3;8,10,19-22H,3-7,9,11-18H2,1-2H3;7,9,18-21H,3-6,8,10-17H2,1-2H3;7-8,17-20H,3-6,9-16H2,1-2H3;8*1H/b11-9+;10-8+;9-7+;8-7+;;;;;;;;. The summed E-state index contributed by atoms with van der Waals surface area (Å²) >= 11 is 0. The van der Waals surface area contributed by atoms with Crippen molar-refractivity contribution in [2.24, 2.45) is 94.7 Å². The van der Waals surface area contributed by atoms with Gasteiger partial charge in [0.05, 0.1) is 0 Å². The highest BCUT2D eigenvalue weighted by atomic mass is 14.4. The molecule has 86 heavy (non-hydrogen) atoms. The molecule has 0 aromatic heterocycles. The molecule has 0 atom stereocenters. The molecule has 8 saturated carbocycles. The van der Waals surface area contributed by atoms with Gasteiger partial charge < -0.3 is 0 Å². The van der Waals surface area contributed by atoms with Crippen LogP contribution in [-0.4, -0.2) is 0 Å². The van der Waals surface area contributed by atoms with Gasteiger partial charge in [-0.25, -0.2) is 0 Å². The van der Waals surface area contributed by atoms with Crippen molar-refractivity contribution in [3.05, 3.63) is 48.6 Å². The van der Waals surface area contributed by atoms with E-state index >= 15 is 0 Å².